The third-order valence-electron chi connectivity index (χ3n) is 4.79. The monoisotopic (exact) mass is 389 g/mol. The van der Waals surface area contributed by atoms with Crippen LogP contribution < -0.4 is 10.6 Å². The Labute approximate surface area is 167 Å². The molecule has 2 N–H and O–H groups in total. The number of aryl methyl sites for hydroxylation is 1. The highest BCUT2D eigenvalue weighted by molar-refractivity contribution is 6.06. The molecule has 1 aromatic heterocycles. The van der Waals surface area contributed by atoms with Gasteiger partial charge in [-0.15, -0.1) is 0 Å². The van der Waals surface area contributed by atoms with Crippen molar-refractivity contribution in [3.8, 4) is 0 Å². The molecule has 0 saturated heterocycles. The minimum Gasteiger partial charge on any atom is -0.344 e. The van der Waals surface area contributed by atoms with Gasteiger partial charge in [0.15, 0.2) is 0 Å². The first kappa shape index (κ1) is 18.4. The second-order valence-corrected chi connectivity index (χ2v) is 6.85. The topological polar surface area (TPSA) is 102 Å². The smallest absolute Gasteiger partial charge is 0.269 e. The molecule has 8 heteroatoms. The molecule has 0 radical (unpaired) electrons. The Morgan fingerprint density at radius 1 is 1.14 bits per heavy atom. The number of non-ortho nitro benzene ring substituents is 1. The molecule has 0 fully saturated rings. The van der Waals surface area contributed by atoms with Gasteiger partial charge in [0.1, 0.15) is 11.9 Å². The standard InChI is InChI=1S/C21H19N5O3/c1-13-12-18-22-14(2)19(21(27)23-16-6-4-3-5-7-16)20(25(18)24-13)15-8-10-17(11-9-15)26(28)29/h3-12,20,22H,1-2H3,(H,23,27)/t20-/m1/s1. The van der Waals surface area contributed by atoms with E-state index in [2.05, 4.69) is 15.7 Å². The number of aromatic nitrogens is 2. The first-order valence-corrected chi connectivity index (χ1v) is 9.09. The van der Waals surface area contributed by atoms with Gasteiger partial charge in [-0.3, -0.25) is 14.9 Å². The van der Waals surface area contributed by atoms with E-state index < -0.39 is 11.0 Å². The van der Waals surface area contributed by atoms with Crippen LogP contribution in [0.1, 0.15) is 24.2 Å². The quantitative estimate of drug-likeness (QED) is 0.518. The molecule has 2 aromatic carbocycles. The largest absolute Gasteiger partial charge is 0.344 e. The van der Waals surface area contributed by atoms with Crippen LogP contribution in [0.25, 0.3) is 0 Å². The van der Waals surface area contributed by atoms with Crippen molar-refractivity contribution < 1.29 is 9.72 Å². The molecule has 0 saturated carbocycles. The van der Waals surface area contributed by atoms with Crippen LogP contribution in [0.2, 0.25) is 0 Å². The van der Waals surface area contributed by atoms with E-state index in [4.69, 9.17) is 0 Å². The summed E-state index contributed by atoms with van der Waals surface area (Å²) in [6.45, 7) is 3.71. The number of nitro benzene ring substituents is 1. The SMILES string of the molecule is CC1=C(C(=O)Nc2ccccc2)[C@@H](c2ccc([N+](=O)[O-])cc2)n2nc(C)cc2N1. The van der Waals surface area contributed by atoms with Gasteiger partial charge in [0, 0.05) is 29.6 Å². The maximum Gasteiger partial charge on any atom is 0.269 e. The molecule has 0 spiro atoms. The molecule has 2 heterocycles. The molecule has 1 atom stereocenters. The highest BCUT2D eigenvalue weighted by atomic mass is 16.6. The van der Waals surface area contributed by atoms with Gasteiger partial charge in [-0.25, -0.2) is 4.68 Å². The fourth-order valence-electron chi connectivity index (χ4n) is 3.49. The molecule has 4 rings (SSSR count). The van der Waals surface area contributed by atoms with Gasteiger partial charge in [-0.05, 0) is 43.7 Å². The molecule has 1 amide bonds. The number of carbonyl (C=O) groups is 1. The Morgan fingerprint density at radius 2 is 1.83 bits per heavy atom. The Morgan fingerprint density at radius 3 is 2.48 bits per heavy atom. The van der Waals surface area contributed by atoms with Crippen LogP contribution in [-0.4, -0.2) is 20.6 Å². The summed E-state index contributed by atoms with van der Waals surface area (Å²) in [4.78, 5) is 23.8. The number of nitrogens with zero attached hydrogens (tertiary/aromatic N) is 3. The molecule has 29 heavy (non-hydrogen) atoms. The average Bonchev–Trinajstić information content (AvgIpc) is 3.07. The number of allylic oxidation sites excluding steroid dienone is 1. The summed E-state index contributed by atoms with van der Waals surface area (Å²) in [6.07, 6.45) is 0. The van der Waals surface area contributed by atoms with E-state index in [1.54, 1.807) is 16.8 Å². The van der Waals surface area contributed by atoms with Gasteiger partial charge in [-0.1, -0.05) is 18.2 Å². The fourth-order valence-corrected chi connectivity index (χ4v) is 3.49. The zero-order valence-corrected chi connectivity index (χ0v) is 15.9. The van der Waals surface area contributed by atoms with Crippen LogP contribution in [0, 0.1) is 17.0 Å². The number of rotatable bonds is 4. The summed E-state index contributed by atoms with van der Waals surface area (Å²) in [5, 5.41) is 21.7. The normalized spacial score (nSPS) is 15.4. The van der Waals surface area contributed by atoms with Crippen LogP contribution in [0.4, 0.5) is 17.2 Å². The van der Waals surface area contributed by atoms with E-state index >= 15 is 0 Å². The molecule has 1 aliphatic rings. The predicted octanol–water partition coefficient (Wildman–Crippen LogP) is 4.03. The summed E-state index contributed by atoms with van der Waals surface area (Å²) in [5.74, 6) is 0.503. The summed E-state index contributed by atoms with van der Waals surface area (Å²) < 4.78 is 1.74. The van der Waals surface area contributed by atoms with E-state index in [1.165, 1.54) is 12.1 Å². The number of para-hydroxylation sites is 1. The lowest BCUT2D eigenvalue weighted by Crippen LogP contribution is -2.31. The van der Waals surface area contributed by atoms with Crippen LogP contribution in [-0.2, 0) is 4.79 Å². The minimum absolute atomic E-state index is 0.00413. The number of nitro groups is 1. The number of amides is 1. The van der Waals surface area contributed by atoms with Gasteiger partial charge in [0.25, 0.3) is 11.6 Å². The minimum atomic E-state index is -0.510. The van der Waals surface area contributed by atoms with Crippen LogP contribution >= 0.6 is 0 Å². The van der Waals surface area contributed by atoms with Gasteiger partial charge in [0.05, 0.1) is 16.2 Å². The molecule has 0 aliphatic carbocycles. The molecule has 1 aliphatic heterocycles. The van der Waals surface area contributed by atoms with Crippen LogP contribution in [0.15, 0.2) is 71.9 Å². The zero-order chi connectivity index (χ0) is 20.5. The van der Waals surface area contributed by atoms with Crippen molar-refractivity contribution in [2.75, 3.05) is 10.6 Å². The number of hydrogen-bond acceptors (Lipinski definition) is 5. The predicted molar refractivity (Wildman–Crippen MR) is 110 cm³/mol. The van der Waals surface area contributed by atoms with E-state index in [0.29, 0.717) is 17.0 Å². The third-order valence-corrected chi connectivity index (χ3v) is 4.79. The fraction of sp³-hybridized carbons (Fsp3) is 0.143. The van der Waals surface area contributed by atoms with Gasteiger partial charge in [0.2, 0.25) is 0 Å². The van der Waals surface area contributed by atoms with Crippen LogP contribution in [0.5, 0.6) is 0 Å². The Balaban J connectivity index is 1.78. The third kappa shape index (κ3) is 3.47. The maximum atomic E-state index is 13.2. The van der Waals surface area contributed by atoms with Crippen molar-refractivity contribution in [2.24, 2.45) is 0 Å². The summed E-state index contributed by atoms with van der Waals surface area (Å²) in [6, 6.07) is 16.8. The maximum absolute atomic E-state index is 13.2. The Bertz CT molecular complexity index is 1120. The number of nitrogens with one attached hydrogen (secondary N) is 2. The second-order valence-electron chi connectivity index (χ2n) is 6.85. The summed E-state index contributed by atoms with van der Waals surface area (Å²) >= 11 is 0. The number of fused-ring (bicyclic) bond motifs is 1. The zero-order valence-electron chi connectivity index (χ0n) is 15.9. The number of anilines is 2. The van der Waals surface area contributed by atoms with E-state index in [1.807, 2.05) is 50.2 Å². The lowest BCUT2D eigenvalue weighted by Gasteiger charge is -2.29. The van der Waals surface area contributed by atoms with Crippen molar-refractivity contribution in [1.82, 2.24) is 9.78 Å². The van der Waals surface area contributed by atoms with Crippen molar-refractivity contribution in [2.45, 2.75) is 19.9 Å². The molecular weight excluding hydrogens is 370 g/mol. The number of carbonyl (C=O) groups excluding carboxylic acids is 1. The second kappa shape index (κ2) is 7.23. The van der Waals surface area contributed by atoms with Gasteiger partial charge >= 0.3 is 0 Å². The number of benzene rings is 2. The van der Waals surface area contributed by atoms with E-state index in [-0.39, 0.29) is 11.6 Å². The molecule has 8 nitrogen and oxygen atoms in total. The van der Waals surface area contributed by atoms with Crippen molar-refractivity contribution >= 4 is 23.1 Å². The van der Waals surface area contributed by atoms with Crippen LogP contribution in [0.3, 0.4) is 0 Å². The Hall–Kier alpha value is -3.94. The molecule has 0 unspecified atom stereocenters. The summed E-state index contributed by atoms with van der Waals surface area (Å²) in [7, 11) is 0. The summed E-state index contributed by atoms with van der Waals surface area (Å²) in [5.41, 5.74) is 3.42. The lowest BCUT2D eigenvalue weighted by molar-refractivity contribution is -0.384. The average molecular weight is 389 g/mol. The highest BCUT2D eigenvalue weighted by Gasteiger charge is 2.33. The van der Waals surface area contributed by atoms with Crippen molar-refractivity contribution in [3.05, 3.63) is 93.3 Å². The highest BCUT2D eigenvalue weighted by Crippen LogP contribution is 2.37. The first-order chi connectivity index (χ1) is 13.9. The van der Waals surface area contributed by atoms with Crippen molar-refractivity contribution in [3.63, 3.8) is 0 Å². The number of hydrogen-bond donors (Lipinski definition) is 2. The van der Waals surface area contributed by atoms with Gasteiger partial charge in [-0.2, -0.15) is 5.10 Å². The molecule has 3 aromatic rings. The van der Waals surface area contributed by atoms with E-state index in [9.17, 15) is 14.9 Å². The van der Waals surface area contributed by atoms with Gasteiger partial charge < -0.3 is 10.6 Å². The Kier molecular flexibility index (Phi) is 4.59. The van der Waals surface area contributed by atoms with Crippen molar-refractivity contribution in [1.29, 1.82) is 0 Å². The molecular formula is C21H19N5O3. The molecule has 0 bridgehead atoms. The lowest BCUT2D eigenvalue weighted by atomic mass is 9.94. The molecule has 146 valence electrons. The first-order valence-electron chi connectivity index (χ1n) is 9.09. The van der Waals surface area contributed by atoms with E-state index in [0.717, 1.165) is 17.1 Å².